The number of rotatable bonds is 4. The molecule has 2 amide bonds. The number of para-hydroxylation sites is 1. The van der Waals surface area contributed by atoms with E-state index in [4.69, 9.17) is 5.11 Å². The van der Waals surface area contributed by atoms with Crippen molar-refractivity contribution in [3.8, 4) is 10.6 Å². The van der Waals surface area contributed by atoms with E-state index in [2.05, 4.69) is 15.6 Å². The molecule has 118 valence electrons. The number of thiazole rings is 1. The van der Waals surface area contributed by atoms with E-state index in [0.29, 0.717) is 5.69 Å². The van der Waals surface area contributed by atoms with Crippen molar-refractivity contribution in [3.05, 3.63) is 48.5 Å². The maximum absolute atomic E-state index is 11.8. The smallest absolute Gasteiger partial charge is 0.319 e. The summed E-state index contributed by atoms with van der Waals surface area (Å²) in [7, 11) is 0. The molecule has 3 aromatic rings. The fourth-order valence-corrected chi connectivity index (χ4v) is 3.12. The molecule has 2 aromatic carbocycles. The van der Waals surface area contributed by atoms with Gasteiger partial charge in [0.25, 0.3) is 0 Å². The van der Waals surface area contributed by atoms with Crippen LogP contribution in [0.1, 0.15) is 6.92 Å². The molecule has 6 heteroatoms. The molecular weight excluding hydrogens is 310 g/mol. The van der Waals surface area contributed by atoms with Gasteiger partial charge in [0.05, 0.1) is 22.9 Å². The number of hydrogen-bond donors (Lipinski definition) is 3. The molecule has 0 aliphatic carbocycles. The number of carbonyl (C=O) groups excluding carboxylic acids is 1. The summed E-state index contributed by atoms with van der Waals surface area (Å²) in [6.45, 7) is 1.64. The zero-order valence-electron chi connectivity index (χ0n) is 12.6. The number of aromatic nitrogens is 1. The molecule has 3 N–H and O–H groups in total. The number of amides is 2. The molecule has 1 atom stereocenters. The van der Waals surface area contributed by atoms with E-state index in [-0.39, 0.29) is 18.7 Å². The van der Waals surface area contributed by atoms with Crippen LogP contribution in [-0.2, 0) is 0 Å². The fourth-order valence-electron chi connectivity index (χ4n) is 2.16. The van der Waals surface area contributed by atoms with Gasteiger partial charge in [0, 0.05) is 11.3 Å². The minimum absolute atomic E-state index is 0.0981. The molecule has 0 saturated carbocycles. The fraction of sp³-hybridized carbons (Fsp3) is 0.176. The van der Waals surface area contributed by atoms with Crippen LogP contribution in [0, 0.1) is 0 Å². The highest BCUT2D eigenvalue weighted by Crippen LogP contribution is 2.31. The summed E-state index contributed by atoms with van der Waals surface area (Å²) < 4.78 is 1.13. The van der Waals surface area contributed by atoms with E-state index in [1.807, 2.05) is 48.5 Å². The summed E-state index contributed by atoms with van der Waals surface area (Å²) in [4.78, 5) is 16.4. The van der Waals surface area contributed by atoms with E-state index >= 15 is 0 Å². The van der Waals surface area contributed by atoms with Crippen LogP contribution < -0.4 is 10.6 Å². The topological polar surface area (TPSA) is 74.2 Å². The van der Waals surface area contributed by atoms with Crippen LogP contribution in [0.3, 0.4) is 0 Å². The summed E-state index contributed by atoms with van der Waals surface area (Å²) in [5.41, 5.74) is 2.61. The van der Waals surface area contributed by atoms with E-state index in [9.17, 15) is 4.79 Å². The molecule has 0 saturated heterocycles. The molecule has 0 fully saturated rings. The summed E-state index contributed by atoms with van der Waals surface area (Å²) >= 11 is 1.62. The van der Waals surface area contributed by atoms with E-state index in [1.54, 1.807) is 18.3 Å². The Morgan fingerprint density at radius 2 is 2.09 bits per heavy atom. The van der Waals surface area contributed by atoms with Gasteiger partial charge in [-0.3, -0.25) is 0 Å². The average molecular weight is 327 g/mol. The molecule has 5 nitrogen and oxygen atoms in total. The lowest BCUT2D eigenvalue weighted by atomic mass is 10.2. The Kier molecular flexibility index (Phi) is 4.55. The predicted molar refractivity (Wildman–Crippen MR) is 93.8 cm³/mol. The monoisotopic (exact) mass is 327 g/mol. The number of anilines is 1. The standard InChI is InChI=1S/C17H17N3O2S/c1-11(10-21)18-17(22)19-13-6-4-5-12(9-13)16-20-14-7-2-3-8-15(14)23-16/h2-9,11,21H,10H2,1H3,(H2,18,19,22). The van der Waals surface area contributed by atoms with E-state index < -0.39 is 0 Å². The van der Waals surface area contributed by atoms with Crippen molar-refractivity contribution in [2.45, 2.75) is 13.0 Å². The van der Waals surface area contributed by atoms with Crippen molar-refractivity contribution >= 4 is 33.3 Å². The first-order chi connectivity index (χ1) is 11.2. The molecule has 23 heavy (non-hydrogen) atoms. The van der Waals surface area contributed by atoms with Gasteiger partial charge in [0.2, 0.25) is 0 Å². The number of hydrogen-bond acceptors (Lipinski definition) is 4. The summed E-state index contributed by atoms with van der Waals surface area (Å²) in [6, 6.07) is 14.9. The Hall–Kier alpha value is -2.44. The van der Waals surface area contributed by atoms with Crippen LogP contribution in [0.2, 0.25) is 0 Å². The third-order valence-corrected chi connectivity index (χ3v) is 4.40. The third-order valence-electron chi connectivity index (χ3n) is 3.31. The number of nitrogens with zero attached hydrogens (tertiary/aromatic N) is 1. The second-order valence-corrected chi connectivity index (χ2v) is 6.28. The first kappa shape index (κ1) is 15.5. The second kappa shape index (κ2) is 6.76. The first-order valence-electron chi connectivity index (χ1n) is 7.30. The number of aliphatic hydroxyl groups is 1. The number of aliphatic hydroxyl groups excluding tert-OH is 1. The van der Waals surface area contributed by atoms with Crippen LogP contribution in [0.5, 0.6) is 0 Å². The van der Waals surface area contributed by atoms with Crippen LogP contribution in [0.25, 0.3) is 20.8 Å². The van der Waals surface area contributed by atoms with Gasteiger partial charge in [0.1, 0.15) is 5.01 Å². The Morgan fingerprint density at radius 3 is 2.87 bits per heavy atom. The minimum Gasteiger partial charge on any atom is -0.394 e. The average Bonchev–Trinajstić information content (AvgIpc) is 2.99. The summed E-state index contributed by atoms with van der Waals surface area (Å²) in [5.74, 6) is 0. The second-order valence-electron chi connectivity index (χ2n) is 5.25. The van der Waals surface area contributed by atoms with Crippen LogP contribution in [-0.4, -0.2) is 28.8 Å². The van der Waals surface area contributed by atoms with Crippen molar-refractivity contribution in [1.29, 1.82) is 0 Å². The highest BCUT2D eigenvalue weighted by molar-refractivity contribution is 7.21. The molecule has 3 rings (SSSR count). The molecule has 1 heterocycles. The largest absolute Gasteiger partial charge is 0.394 e. The van der Waals surface area contributed by atoms with Crippen LogP contribution in [0.4, 0.5) is 10.5 Å². The molecular formula is C17H17N3O2S. The predicted octanol–water partition coefficient (Wildman–Crippen LogP) is 3.47. The summed E-state index contributed by atoms with van der Waals surface area (Å²) in [6.07, 6.45) is 0. The van der Waals surface area contributed by atoms with Gasteiger partial charge in [-0.05, 0) is 31.2 Å². The quantitative estimate of drug-likeness (QED) is 0.687. The lowest BCUT2D eigenvalue weighted by molar-refractivity contribution is 0.229. The van der Waals surface area contributed by atoms with Gasteiger partial charge in [-0.25, -0.2) is 9.78 Å². The van der Waals surface area contributed by atoms with Gasteiger partial charge in [0.15, 0.2) is 0 Å². The Bertz CT molecular complexity index is 798. The summed E-state index contributed by atoms with van der Waals surface area (Å²) in [5, 5.41) is 15.3. The molecule has 1 unspecified atom stereocenters. The highest BCUT2D eigenvalue weighted by Gasteiger charge is 2.09. The minimum atomic E-state index is -0.340. The van der Waals surface area contributed by atoms with Crippen LogP contribution >= 0.6 is 11.3 Å². The number of nitrogens with one attached hydrogen (secondary N) is 2. The number of fused-ring (bicyclic) bond motifs is 1. The van der Waals surface area contributed by atoms with Gasteiger partial charge in [-0.1, -0.05) is 24.3 Å². The first-order valence-corrected chi connectivity index (χ1v) is 8.12. The molecule has 0 bridgehead atoms. The zero-order chi connectivity index (χ0) is 16.2. The van der Waals surface area contributed by atoms with E-state index in [0.717, 1.165) is 20.8 Å². The zero-order valence-corrected chi connectivity index (χ0v) is 13.4. The number of urea groups is 1. The molecule has 1 aromatic heterocycles. The lowest BCUT2D eigenvalue weighted by Gasteiger charge is -2.12. The molecule has 0 aliphatic heterocycles. The maximum atomic E-state index is 11.8. The van der Waals surface area contributed by atoms with Crippen molar-refractivity contribution in [3.63, 3.8) is 0 Å². The Balaban J connectivity index is 1.80. The van der Waals surface area contributed by atoms with Gasteiger partial charge in [-0.2, -0.15) is 0 Å². The van der Waals surface area contributed by atoms with Crippen molar-refractivity contribution in [1.82, 2.24) is 10.3 Å². The molecule has 0 aliphatic rings. The normalized spacial score (nSPS) is 12.1. The lowest BCUT2D eigenvalue weighted by Crippen LogP contribution is -2.38. The Morgan fingerprint density at radius 1 is 1.26 bits per heavy atom. The highest BCUT2D eigenvalue weighted by atomic mass is 32.1. The van der Waals surface area contributed by atoms with Crippen molar-refractivity contribution in [2.75, 3.05) is 11.9 Å². The van der Waals surface area contributed by atoms with Crippen molar-refractivity contribution in [2.24, 2.45) is 0 Å². The molecule has 0 spiro atoms. The van der Waals surface area contributed by atoms with Gasteiger partial charge >= 0.3 is 6.03 Å². The van der Waals surface area contributed by atoms with Crippen molar-refractivity contribution < 1.29 is 9.90 Å². The number of benzene rings is 2. The molecule has 0 radical (unpaired) electrons. The van der Waals surface area contributed by atoms with E-state index in [1.165, 1.54) is 0 Å². The van der Waals surface area contributed by atoms with Gasteiger partial charge < -0.3 is 15.7 Å². The SMILES string of the molecule is CC(CO)NC(=O)Nc1cccc(-c2nc3ccccc3s2)c1. The van der Waals surface area contributed by atoms with Gasteiger partial charge in [-0.15, -0.1) is 11.3 Å². The maximum Gasteiger partial charge on any atom is 0.319 e. The Labute approximate surface area is 138 Å². The third kappa shape index (κ3) is 3.67. The number of carbonyl (C=O) groups is 1. The van der Waals surface area contributed by atoms with Crippen LogP contribution in [0.15, 0.2) is 48.5 Å².